The third-order valence-electron chi connectivity index (χ3n) is 4.62. The molecule has 1 aromatic carbocycles. The number of hydrogen-bond acceptors (Lipinski definition) is 6. The Kier molecular flexibility index (Phi) is 6.38. The first kappa shape index (κ1) is 20.2. The van der Waals surface area contributed by atoms with E-state index in [1.54, 1.807) is 47.6 Å². The Balaban J connectivity index is 1.63. The highest BCUT2D eigenvalue weighted by atomic mass is 16.2. The average molecular weight is 396 g/mol. The predicted octanol–water partition coefficient (Wildman–Crippen LogP) is 1.14. The summed E-state index contributed by atoms with van der Waals surface area (Å²) >= 11 is 0. The minimum Gasteiger partial charge on any atom is -0.338 e. The second-order valence-electron chi connectivity index (χ2n) is 6.75. The number of piperazine rings is 1. The third-order valence-corrected chi connectivity index (χ3v) is 4.62. The fourth-order valence-corrected chi connectivity index (χ4v) is 3.18. The molecule has 0 atom stereocenters. The van der Waals surface area contributed by atoms with E-state index >= 15 is 0 Å². The van der Waals surface area contributed by atoms with Crippen LogP contribution in [-0.2, 0) is 14.4 Å². The number of amides is 3. The minimum absolute atomic E-state index is 0.0549. The molecule has 152 valence electrons. The number of nitrogens with one attached hydrogen (secondary N) is 1. The Morgan fingerprint density at radius 2 is 1.72 bits per heavy atom. The average Bonchev–Trinajstić information content (AvgIpc) is 2.72. The van der Waals surface area contributed by atoms with Crippen molar-refractivity contribution in [2.24, 2.45) is 0 Å². The molecule has 1 aliphatic heterocycles. The van der Waals surface area contributed by atoms with E-state index in [-0.39, 0.29) is 24.3 Å². The number of anilines is 3. The number of hydrogen-bond donors (Lipinski definition) is 1. The van der Waals surface area contributed by atoms with Crippen molar-refractivity contribution in [1.82, 2.24) is 14.9 Å². The van der Waals surface area contributed by atoms with Crippen molar-refractivity contribution in [3.05, 3.63) is 42.7 Å². The summed E-state index contributed by atoms with van der Waals surface area (Å²) in [4.78, 5) is 49.9. The first-order chi connectivity index (χ1) is 13.9. The maximum absolute atomic E-state index is 12.8. The van der Waals surface area contributed by atoms with Crippen LogP contribution in [0.4, 0.5) is 17.3 Å². The van der Waals surface area contributed by atoms with E-state index in [1.165, 1.54) is 18.7 Å². The zero-order valence-corrected chi connectivity index (χ0v) is 16.5. The molecule has 9 nitrogen and oxygen atoms in total. The van der Waals surface area contributed by atoms with Gasteiger partial charge in [0.05, 0.1) is 0 Å². The fraction of sp³-hybridized carbons (Fsp3) is 0.350. The molecule has 2 aromatic rings. The van der Waals surface area contributed by atoms with Crippen LogP contribution in [0, 0.1) is 0 Å². The van der Waals surface area contributed by atoms with Gasteiger partial charge < -0.3 is 20.0 Å². The highest BCUT2D eigenvalue weighted by molar-refractivity contribution is 5.98. The SMILES string of the molecule is CC(=O)Nc1cccc(N(CC(=O)N2CCN(c3ncccn3)CC2)C(C)=O)c1. The normalized spacial score (nSPS) is 13.7. The number of benzene rings is 1. The van der Waals surface area contributed by atoms with Crippen LogP contribution in [0.1, 0.15) is 13.8 Å². The van der Waals surface area contributed by atoms with Gasteiger partial charge in [0.15, 0.2) is 0 Å². The number of nitrogens with zero attached hydrogens (tertiary/aromatic N) is 5. The van der Waals surface area contributed by atoms with E-state index in [2.05, 4.69) is 15.3 Å². The standard InChI is InChI=1S/C20H24N6O3/c1-15(27)23-17-5-3-6-18(13-17)26(16(2)28)14-19(29)24-9-11-25(12-10-24)20-21-7-4-8-22-20/h3-8,13H,9-12,14H2,1-2H3,(H,23,27). The molecule has 2 heterocycles. The highest BCUT2D eigenvalue weighted by Crippen LogP contribution is 2.20. The van der Waals surface area contributed by atoms with Gasteiger partial charge in [-0.1, -0.05) is 6.07 Å². The van der Waals surface area contributed by atoms with Crippen molar-refractivity contribution >= 4 is 35.0 Å². The topological polar surface area (TPSA) is 98.7 Å². The van der Waals surface area contributed by atoms with Crippen LogP contribution in [0.5, 0.6) is 0 Å². The Morgan fingerprint density at radius 1 is 1.03 bits per heavy atom. The van der Waals surface area contributed by atoms with Crippen LogP contribution in [0.25, 0.3) is 0 Å². The molecule has 1 saturated heterocycles. The number of aromatic nitrogens is 2. The van der Waals surface area contributed by atoms with Gasteiger partial charge in [0.1, 0.15) is 6.54 Å². The molecule has 0 aliphatic carbocycles. The number of carbonyl (C=O) groups excluding carboxylic acids is 3. The first-order valence-electron chi connectivity index (χ1n) is 9.39. The van der Waals surface area contributed by atoms with E-state index in [0.29, 0.717) is 43.5 Å². The summed E-state index contributed by atoms with van der Waals surface area (Å²) in [6, 6.07) is 8.65. The zero-order chi connectivity index (χ0) is 20.8. The highest BCUT2D eigenvalue weighted by Gasteiger charge is 2.25. The van der Waals surface area contributed by atoms with Crippen molar-refractivity contribution in [3.63, 3.8) is 0 Å². The lowest BCUT2D eigenvalue weighted by Crippen LogP contribution is -2.52. The Morgan fingerprint density at radius 3 is 2.34 bits per heavy atom. The lowest BCUT2D eigenvalue weighted by atomic mass is 10.2. The molecule has 1 aliphatic rings. The second kappa shape index (κ2) is 9.13. The largest absolute Gasteiger partial charge is 0.338 e. The summed E-state index contributed by atoms with van der Waals surface area (Å²) in [5.74, 6) is 0.0843. The van der Waals surface area contributed by atoms with E-state index in [9.17, 15) is 14.4 Å². The van der Waals surface area contributed by atoms with Crippen LogP contribution < -0.4 is 15.1 Å². The minimum atomic E-state index is -0.241. The van der Waals surface area contributed by atoms with Gasteiger partial charge in [-0.25, -0.2) is 9.97 Å². The molecule has 1 N–H and O–H groups in total. The van der Waals surface area contributed by atoms with E-state index in [4.69, 9.17) is 0 Å². The van der Waals surface area contributed by atoms with Gasteiger partial charge in [-0.15, -0.1) is 0 Å². The second-order valence-corrected chi connectivity index (χ2v) is 6.75. The summed E-state index contributed by atoms with van der Waals surface area (Å²) in [7, 11) is 0. The summed E-state index contributed by atoms with van der Waals surface area (Å²) in [6.07, 6.45) is 3.39. The summed E-state index contributed by atoms with van der Waals surface area (Å²) in [5.41, 5.74) is 1.14. The lowest BCUT2D eigenvalue weighted by molar-refractivity contribution is -0.131. The van der Waals surface area contributed by atoms with Crippen LogP contribution in [0.15, 0.2) is 42.7 Å². The van der Waals surface area contributed by atoms with E-state index in [1.807, 2.05) is 4.90 Å². The van der Waals surface area contributed by atoms with Crippen molar-refractivity contribution in [2.45, 2.75) is 13.8 Å². The molecular weight excluding hydrogens is 372 g/mol. The molecule has 0 spiro atoms. The predicted molar refractivity (Wildman–Crippen MR) is 110 cm³/mol. The van der Waals surface area contributed by atoms with Crippen molar-refractivity contribution in [3.8, 4) is 0 Å². The van der Waals surface area contributed by atoms with Crippen molar-refractivity contribution in [2.75, 3.05) is 47.8 Å². The van der Waals surface area contributed by atoms with Crippen molar-refractivity contribution in [1.29, 1.82) is 0 Å². The van der Waals surface area contributed by atoms with Crippen LogP contribution in [0.3, 0.4) is 0 Å². The van der Waals surface area contributed by atoms with Crippen LogP contribution in [0.2, 0.25) is 0 Å². The van der Waals surface area contributed by atoms with E-state index < -0.39 is 0 Å². The summed E-state index contributed by atoms with van der Waals surface area (Å²) in [5, 5.41) is 2.69. The van der Waals surface area contributed by atoms with Gasteiger partial charge in [0.2, 0.25) is 23.7 Å². The number of rotatable bonds is 5. The van der Waals surface area contributed by atoms with Gasteiger partial charge in [0.25, 0.3) is 0 Å². The third kappa shape index (κ3) is 5.28. The van der Waals surface area contributed by atoms with Crippen LogP contribution in [-0.4, -0.2) is 65.3 Å². The van der Waals surface area contributed by atoms with Gasteiger partial charge in [0, 0.05) is 63.8 Å². The molecule has 9 heteroatoms. The van der Waals surface area contributed by atoms with Gasteiger partial charge in [-0.3, -0.25) is 14.4 Å². The summed E-state index contributed by atoms with van der Waals surface area (Å²) < 4.78 is 0. The van der Waals surface area contributed by atoms with Crippen molar-refractivity contribution < 1.29 is 14.4 Å². The maximum atomic E-state index is 12.8. The maximum Gasteiger partial charge on any atom is 0.242 e. The molecule has 0 unspecified atom stereocenters. The van der Waals surface area contributed by atoms with Crippen LogP contribution >= 0.6 is 0 Å². The lowest BCUT2D eigenvalue weighted by Gasteiger charge is -2.35. The molecule has 1 aromatic heterocycles. The molecular formula is C20H24N6O3. The Labute approximate surface area is 169 Å². The smallest absolute Gasteiger partial charge is 0.242 e. The molecule has 3 rings (SSSR count). The van der Waals surface area contributed by atoms with Gasteiger partial charge in [-0.2, -0.15) is 0 Å². The first-order valence-corrected chi connectivity index (χ1v) is 9.39. The molecule has 3 amide bonds. The number of carbonyl (C=O) groups is 3. The molecule has 29 heavy (non-hydrogen) atoms. The summed E-state index contributed by atoms with van der Waals surface area (Å²) in [6.45, 7) is 5.12. The zero-order valence-electron chi connectivity index (χ0n) is 16.5. The Bertz CT molecular complexity index is 881. The molecule has 0 radical (unpaired) electrons. The molecule has 1 fully saturated rings. The molecule has 0 saturated carbocycles. The monoisotopic (exact) mass is 396 g/mol. The fourth-order valence-electron chi connectivity index (χ4n) is 3.18. The molecule has 0 bridgehead atoms. The van der Waals surface area contributed by atoms with Gasteiger partial charge in [-0.05, 0) is 24.3 Å². The van der Waals surface area contributed by atoms with Gasteiger partial charge >= 0.3 is 0 Å². The Hall–Kier alpha value is -3.49. The van der Waals surface area contributed by atoms with E-state index in [0.717, 1.165) is 0 Å². The quantitative estimate of drug-likeness (QED) is 0.814.